The molecule has 0 amide bonds. The third-order valence-corrected chi connectivity index (χ3v) is 2.00. The van der Waals surface area contributed by atoms with Crippen LogP contribution in [-0.2, 0) is 0 Å². The molecule has 1 aliphatic rings. The summed E-state index contributed by atoms with van der Waals surface area (Å²) in [4.78, 5) is 7.73. The monoisotopic (exact) mass is 165 g/mol. The molecule has 0 bridgehead atoms. The van der Waals surface area contributed by atoms with E-state index in [1.807, 2.05) is 0 Å². The van der Waals surface area contributed by atoms with E-state index in [-0.39, 0.29) is 0 Å². The number of nitrogen functional groups attached to an aromatic ring is 1. The zero-order valence-corrected chi connectivity index (χ0v) is 6.73. The van der Waals surface area contributed by atoms with Crippen molar-refractivity contribution in [2.75, 3.05) is 5.73 Å². The van der Waals surface area contributed by atoms with Crippen LogP contribution in [0.25, 0.3) is 0 Å². The largest absolute Gasteiger partial charge is 0.474 e. The molecule has 0 atom stereocenters. The molecule has 0 radical (unpaired) electrons. The fraction of sp³-hybridized carbons (Fsp3) is 0.500. The standard InChI is InChI=1S/C8H11N3O/c9-7-4-8(11-5-10-7)12-6-2-1-3-6/h4-6H,1-3H2,(H2,9,10,11). The second kappa shape index (κ2) is 2.97. The van der Waals surface area contributed by atoms with E-state index in [0.29, 0.717) is 17.8 Å². The van der Waals surface area contributed by atoms with Gasteiger partial charge in [0.15, 0.2) is 0 Å². The van der Waals surface area contributed by atoms with Crippen LogP contribution < -0.4 is 10.5 Å². The SMILES string of the molecule is Nc1cc(OC2CCC2)ncn1. The highest BCUT2D eigenvalue weighted by molar-refractivity contribution is 5.30. The van der Waals surface area contributed by atoms with Crippen molar-refractivity contribution in [2.45, 2.75) is 25.4 Å². The molecule has 0 spiro atoms. The molecule has 1 aliphatic carbocycles. The van der Waals surface area contributed by atoms with Gasteiger partial charge in [-0.15, -0.1) is 0 Å². The number of anilines is 1. The van der Waals surface area contributed by atoms with Gasteiger partial charge in [0.1, 0.15) is 18.2 Å². The number of nitrogens with two attached hydrogens (primary N) is 1. The van der Waals surface area contributed by atoms with Crippen LogP contribution in [0, 0.1) is 0 Å². The first-order valence-electron chi connectivity index (χ1n) is 4.09. The lowest BCUT2D eigenvalue weighted by Gasteiger charge is -2.25. The summed E-state index contributed by atoms with van der Waals surface area (Å²) < 4.78 is 5.50. The van der Waals surface area contributed by atoms with Crippen molar-refractivity contribution in [1.29, 1.82) is 0 Å². The summed E-state index contributed by atoms with van der Waals surface area (Å²) in [6.07, 6.45) is 5.28. The van der Waals surface area contributed by atoms with E-state index >= 15 is 0 Å². The summed E-state index contributed by atoms with van der Waals surface area (Å²) in [5.41, 5.74) is 5.46. The molecule has 0 saturated heterocycles. The van der Waals surface area contributed by atoms with Crippen molar-refractivity contribution in [3.05, 3.63) is 12.4 Å². The summed E-state index contributed by atoms with van der Waals surface area (Å²) in [5, 5.41) is 0. The summed E-state index contributed by atoms with van der Waals surface area (Å²) in [6.45, 7) is 0. The first-order chi connectivity index (χ1) is 5.84. The number of nitrogens with zero attached hydrogens (tertiary/aromatic N) is 2. The van der Waals surface area contributed by atoms with Gasteiger partial charge >= 0.3 is 0 Å². The molecule has 4 heteroatoms. The van der Waals surface area contributed by atoms with Crippen LogP contribution in [0.3, 0.4) is 0 Å². The predicted molar refractivity (Wildman–Crippen MR) is 44.7 cm³/mol. The van der Waals surface area contributed by atoms with Gasteiger partial charge in [-0.2, -0.15) is 0 Å². The van der Waals surface area contributed by atoms with E-state index in [2.05, 4.69) is 9.97 Å². The molecule has 64 valence electrons. The van der Waals surface area contributed by atoms with E-state index in [1.165, 1.54) is 12.7 Å². The molecule has 0 unspecified atom stereocenters. The van der Waals surface area contributed by atoms with Gasteiger partial charge in [-0.3, -0.25) is 0 Å². The molecule has 0 aromatic carbocycles. The number of hydrogen-bond acceptors (Lipinski definition) is 4. The highest BCUT2D eigenvalue weighted by Crippen LogP contribution is 2.23. The van der Waals surface area contributed by atoms with Gasteiger partial charge in [0, 0.05) is 6.07 Å². The molecule has 1 fully saturated rings. The molecule has 0 aliphatic heterocycles. The van der Waals surface area contributed by atoms with E-state index in [9.17, 15) is 0 Å². The van der Waals surface area contributed by atoms with E-state index in [1.54, 1.807) is 6.07 Å². The second-order valence-electron chi connectivity index (χ2n) is 2.95. The summed E-state index contributed by atoms with van der Waals surface area (Å²) >= 11 is 0. The summed E-state index contributed by atoms with van der Waals surface area (Å²) in [7, 11) is 0. The average Bonchev–Trinajstić information content (AvgIpc) is 1.97. The predicted octanol–water partition coefficient (Wildman–Crippen LogP) is 0.990. The highest BCUT2D eigenvalue weighted by Gasteiger charge is 2.19. The van der Waals surface area contributed by atoms with E-state index < -0.39 is 0 Å². The van der Waals surface area contributed by atoms with Crippen LogP contribution in [0.2, 0.25) is 0 Å². The lowest BCUT2D eigenvalue weighted by molar-refractivity contribution is 0.114. The normalized spacial score (nSPS) is 17.0. The topological polar surface area (TPSA) is 61.0 Å². The number of ether oxygens (including phenoxy) is 1. The smallest absolute Gasteiger partial charge is 0.218 e. The first kappa shape index (κ1) is 7.34. The Balaban J connectivity index is 2.02. The third-order valence-electron chi connectivity index (χ3n) is 2.00. The van der Waals surface area contributed by atoms with Crippen molar-refractivity contribution >= 4 is 5.82 Å². The van der Waals surface area contributed by atoms with Crippen LogP contribution in [0.5, 0.6) is 5.88 Å². The van der Waals surface area contributed by atoms with Crippen molar-refractivity contribution in [2.24, 2.45) is 0 Å². The van der Waals surface area contributed by atoms with Crippen LogP contribution in [0.15, 0.2) is 12.4 Å². The van der Waals surface area contributed by atoms with Gasteiger partial charge in [0.05, 0.1) is 0 Å². The fourth-order valence-electron chi connectivity index (χ4n) is 1.08. The van der Waals surface area contributed by atoms with E-state index in [4.69, 9.17) is 10.5 Å². The van der Waals surface area contributed by atoms with Gasteiger partial charge < -0.3 is 10.5 Å². The Bertz CT molecular complexity index is 273. The van der Waals surface area contributed by atoms with E-state index in [0.717, 1.165) is 12.8 Å². The molecule has 1 saturated carbocycles. The molecule has 4 nitrogen and oxygen atoms in total. The third kappa shape index (κ3) is 1.47. The molecule has 2 N–H and O–H groups in total. The first-order valence-corrected chi connectivity index (χ1v) is 4.09. The molecular weight excluding hydrogens is 154 g/mol. The lowest BCUT2D eigenvalue weighted by atomic mass is 9.96. The maximum atomic E-state index is 5.50. The zero-order valence-electron chi connectivity index (χ0n) is 6.73. The number of aromatic nitrogens is 2. The fourth-order valence-corrected chi connectivity index (χ4v) is 1.08. The second-order valence-corrected chi connectivity index (χ2v) is 2.95. The van der Waals surface area contributed by atoms with Crippen molar-refractivity contribution in [1.82, 2.24) is 9.97 Å². The van der Waals surface area contributed by atoms with Crippen LogP contribution >= 0.6 is 0 Å². The molecule has 2 rings (SSSR count). The van der Waals surface area contributed by atoms with Gasteiger partial charge in [-0.1, -0.05) is 0 Å². The van der Waals surface area contributed by atoms with Crippen LogP contribution in [-0.4, -0.2) is 16.1 Å². The maximum absolute atomic E-state index is 5.50. The summed E-state index contributed by atoms with van der Waals surface area (Å²) in [6, 6.07) is 1.65. The summed E-state index contributed by atoms with van der Waals surface area (Å²) in [5.74, 6) is 1.05. The van der Waals surface area contributed by atoms with Crippen molar-refractivity contribution in [3.8, 4) is 5.88 Å². The highest BCUT2D eigenvalue weighted by atomic mass is 16.5. The number of hydrogen-bond donors (Lipinski definition) is 1. The zero-order chi connectivity index (χ0) is 8.39. The molecular formula is C8H11N3O. The molecule has 1 aromatic rings. The minimum Gasteiger partial charge on any atom is -0.474 e. The lowest BCUT2D eigenvalue weighted by Crippen LogP contribution is -2.25. The molecule has 1 heterocycles. The molecule has 1 aromatic heterocycles. The van der Waals surface area contributed by atoms with Crippen LogP contribution in [0.1, 0.15) is 19.3 Å². The maximum Gasteiger partial charge on any atom is 0.218 e. The Hall–Kier alpha value is -1.32. The Kier molecular flexibility index (Phi) is 1.81. The van der Waals surface area contributed by atoms with Gasteiger partial charge in [-0.25, -0.2) is 9.97 Å². The average molecular weight is 165 g/mol. The Morgan fingerprint density at radius 1 is 1.42 bits per heavy atom. The quantitative estimate of drug-likeness (QED) is 0.709. The van der Waals surface area contributed by atoms with Gasteiger partial charge in [0.25, 0.3) is 0 Å². The minimum atomic E-state index is 0.347. The van der Waals surface area contributed by atoms with Gasteiger partial charge in [-0.05, 0) is 19.3 Å². The number of rotatable bonds is 2. The van der Waals surface area contributed by atoms with Crippen molar-refractivity contribution in [3.63, 3.8) is 0 Å². The van der Waals surface area contributed by atoms with Crippen LogP contribution in [0.4, 0.5) is 5.82 Å². The Morgan fingerprint density at radius 2 is 2.25 bits per heavy atom. The Morgan fingerprint density at radius 3 is 2.83 bits per heavy atom. The van der Waals surface area contributed by atoms with Gasteiger partial charge in [0.2, 0.25) is 5.88 Å². The minimum absolute atomic E-state index is 0.347. The Labute approximate surface area is 70.8 Å². The molecule has 12 heavy (non-hydrogen) atoms. The van der Waals surface area contributed by atoms with Crippen molar-refractivity contribution < 1.29 is 4.74 Å².